The monoisotopic (exact) mass is 294 g/mol. The Morgan fingerprint density at radius 2 is 0.957 bits per heavy atom. The highest BCUT2D eigenvalue weighted by atomic mass is 14.1. The highest BCUT2D eigenvalue weighted by Crippen LogP contribution is 2.34. The summed E-state index contributed by atoms with van der Waals surface area (Å²) >= 11 is 0. The average Bonchev–Trinajstić information content (AvgIpc) is 2.62. The zero-order chi connectivity index (χ0) is 15.6. The first kappa shape index (κ1) is 13.8. The molecular formula is C23H18. The molecule has 0 saturated carbocycles. The predicted molar refractivity (Wildman–Crippen MR) is 99.6 cm³/mol. The van der Waals surface area contributed by atoms with Crippen LogP contribution in [0.5, 0.6) is 0 Å². The van der Waals surface area contributed by atoms with Crippen molar-refractivity contribution >= 4 is 10.8 Å². The van der Waals surface area contributed by atoms with Crippen molar-refractivity contribution in [2.75, 3.05) is 0 Å². The van der Waals surface area contributed by atoms with Crippen LogP contribution >= 0.6 is 0 Å². The highest BCUT2D eigenvalue weighted by Gasteiger charge is 2.07. The van der Waals surface area contributed by atoms with Gasteiger partial charge in [-0.05, 0) is 39.9 Å². The molecule has 0 bridgehead atoms. The van der Waals surface area contributed by atoms with Gasteiger partial charge < -0.3 is 0 Å². The minimum absolute atomic E-state index is 1.26. The first-order valence-electron chi connectivity index (χ1n) is 7.97. The summed E-state index contributed by atoms with van der Waals surface area (Å²) < 4.78 is 0. The van der Waals surface area contributed by atoms with Crippen LogP contribution in [0.3, 0.4) is 0 Å². The second kappa shape index (κ2) is 5.73. The summed E-state index contributed by atoms with van der Waals surface area (Å²) in [5, 5.41) is 2.61. The summed E-state index contributed by atoms with van der Waals surface area (Å²) in [7, 11) is 0. The standard InChI is InChI=1S/C23H18/c1-17-13-15-19(16-14-17)21-10-6-11-22-20(9-5-12-23(21)22)18-7-3-2-4-8-18/h2-16H,1H3. The number of hydrogen-bond acceptors (Lipinski definition) is 0. The first-order chi connectivity index (χ1) is 11.3. The summed E-state index contributed by atoms with van der Waals surface area (Å²) in [6.45, 7) is 2.13. The third-order valence-electron chi connectivity index (χ3n) is 4.37. The molecule has 4 aromatic rings. The van der Waals surface area contributed by atoms with E-state index in [0.717, 1.165) is 0 Å². The fourth-order valence-electron chi connectivity index (χ4n) is 3.16. The minimum atomic E-state index is 1.26. The van der Waals surface area contributed by atoms with Gasteiger partial charge in [-0.1, -0.05) is 96.6 Å². The number of fused-ring (bicyclic) bond motifs is 1. The molecule has 0 aliphatic rings. The SMILES string of the molecule is Cc1ccc(-c2cccc3c(-c4ccccc4)cccc23)cc1. The van der Waals surface area contributed by atoms with Crippen molar-refractivity contribution in [3.63, 3.8) is 0 Å². The molecule has 23 heavy (non-hydrogen) atoms. The molecule has 0 aliphatic heterocycles. The number of hydrogen-bond donors (Lipinski definition) is 0. The molecular weight excluding hydrogens is 276 g/mol. The van der Waals surface area contributed by atoms with Gasteiger partial charge in [-0.25, -0.2) is 0 Å². The number of rotatable bonds is 2. The van der Waals surface area contributed by atoms with E-state index in [2.05, 4.69) is 97.9 Å². The van der Waals surface area contributed by atoms with E-state index in [1.807, 2.05) is 0 Å². The van der Waals surface area contributed by atoms with Crippen LogP contribution in [0.1, 0.15) is 5.56 Å². The number of aryl methyl sites for hydroxylation is 1. The van der Waals surface area contributed by atoms with Gasteiger partial charge in [0.15, 0.2) is 0 Å². The van der Waals surface area contributed by atoms with Gasteiger partial charge in [0.25, 0.3) is 0 Å². The Morgan fingerprint density at radius 3 is 1.52 bits per heavy atom. The van der Waals surface area contributed by atoms with Crippen molar-refractivity contribution in [2.24, 2.45) is 0 Å². The Balaban J connectivity index is 1.97. The van der Waals surface area contributed by atoms with E-state index >= 15 is 0 Å². The van der Waals surface area contributed by atoms with Gasteiger partial charge in [0.05, 0.1) is 0 Å². The molecule has 0 aliphatic carbocycles. The predicted octanol–water partition coefficient (Wildman–Crippen LogP) is 6.48. The van der Waals surface area contributed by atoms with Gasteiger partial charge in [-0.15, -0.1) is 0 Å². The third kappa shape index (κ3) is 2.53. The summed E-state index contributed by atoms with van der Waals surface area (Å²) in [6, 6.07) is 32.5. The van der Waals surface area contributed by atoms with Crippen molar-refractivity contribution in [1.82, 2.24) is 0 Å². The van der Waals surface area contributed by atoms with E-state index < -0.39 is 0 Å². The Morgan fingerprint density at radius 1 is 0.435 bits per heavy atom. The molecule has 0 aromatic heterocycles. The van der Waals surface area contributed by atoms with Crippen molar-refractivity contribution in [2.45, 2.75) is 6.92 Å². The molecule has 0 nitrogen and oxygen atoms in total. The lowest BCUT2D eigenvalue weighted by atomic mass is 9.93. The second-order valence-corrected chi connectivity index (χ2v) is 5.94. The summed E-state index contributed by atoms with van der Waals surface area (Å²) in [6.07, 6.45) is 0. The molecule has 0 heterocycles. The molecule has 0 atom stereocenters. The molecule has 0 radical (unpaired) electrons. The first-order valence-corrected chi connectivity index (χ1v) is 7.97. The molecule has 110 valence electrons. The Labute approximate surface area is 137 Å². The molecule has 0 heteroatoms. The van der Waals surface area contributed by atoms with Crippen LogP contribution in [-0.4, -0.2) is 0 Å². The maximum Gasteiger partial charge on any atom is -0.00992 e. The Bertz CT molecular complexity index is 948. The maximum atomic E-state index is 2.22. The van der Waals surface area contributed by atoms with Gasteiger partial charge in [0, 0.05) is 0 Å². The zero-order valence-corrected chi connectivity index (χ0v) is 13.2. The molecule has 0 spiro atoms. The Kier molecular flexibility index (Phi) is 3.44. The topological polar surface area (TPSA) is 0 Å². The molecule has 0 N–H and O–H groups in total. The van der Waals surface area contributed by atoms with Crippen LogP contribution in [0.4, 0.5) is 0 Å². The van der Waals surface area contributed by atoms with E-state index in [1.165, 1.54) is 38.6 Å². The summed E-state index contributed by atoms with van der Waals surface area (Å²) in [4.78, 5) is 0. The summed E-state index contributed by atoms with van der Waals surface area (Å²) in [5.74, 6) is 0. The Hall–Kier alpha value is -2.86. The van der Waals surface area contributed by atoms with Crippen LogP contribution in [0.2, 0.25) is 0 Å². The van der Waals surface area contributed by atoms with E-state index in [-0.39, 0.29) is 0 Å². The van der Waals surface area contributed by atoms with Crippen LogP contribution in [-0.2, 0) is 0 Å². The largest absolute Gasteiger partial charge is 0.0622 e. The molecule has 4 aromatic carbocycles. The quantitative estimate of drug-likeness (QED) is 0.397. The second-order valence-electron chi connectivity index (χ2n) is 5.94. The fourth-order valence-corrected chi connectivity index (χ4v) is 3.16. The lowest BCUT2D eigenvalue weighted by molar-refractivity contribution is 1.47. The number of benzene rings is 4. The van der Waals surface area contributed by atoms with Crippen molar-refractivity contribution in [1.29, 1.82) is 0 Å². The molecule has 0 saturated heterocycles. The van der Waals surface area contributed by atoms with Gasteiger partial charge in [0.2, 0.25) is 0 Å². The lowest BCUT2D eigenvalue weighted by Crippen LogP contribution is -1.85. The lowest BCUT2D eigenvalue weighted by Gasteiger charge is -2.11. The van der Waals surface area contributed by atoms with E-state index in [9.17, 15) is 0 Å². The van der Waals surface area contributed by atoms with Gasteiger partial charge in [0.1, 0.15) is 0 Å². The minimum Gasteiger partial charge on any atom is -0.0622 e. The van der Waals surface area contributed by atoms with E-state index in [0.29, 0.717) is 0 Å². The van der Waals surface area contributed by atoms with Crippen LogP contribution in [0, 0.1) is 6.92 Å². The average molecular weight is 294 g/mol. The van der Waals surface area contributed by atoms with Gasteiger partial charge in [-0.3, -0.25) is 0 Å². The van der Waals surface area contributed by atoms with Crippen LogP contribution in [0.25, 0.3) is 33.0 Å². The van der Waals surface area contributed by atoms with E-state index in [1.54, 1.807) is 0 Å². The molecule has 0 fully saturated rings. The van der Waals surface area contributed by atoms with Crippen molar-refractivity contribution in [3.8, 4) is 22.3 Å². The van der Waals surface area contributed by atoms with E-state index in [4.69, 9.17) is 0 Å². The van der Waals surface area contributed by atoms with Gasteiger partial charge >= 0.3 is 0 Å². The molecule has 0 amide bonds. The van der Waals surface area contributed by atoms with Gasteiger partial charge in [-0.2, -0.15) is 0 Å². The smallest absolute Gasteiger partial charge is 0.00992 e. The van der Waals surface area contributed by atoms with Crippen molar-refractivity contribution < 1.29 is 0 Å². The van der Waals surface area contributed by atoms with Crippen LogP contribution in [0.15, 0.2) is 91.0 Å². The zero-order valence-electron chi connectivity index (χ0n) is 13.2. The molecule has 4 rings (SSSR count). The fraction of sp³-hybridized carbons (Fsp3) is 0.0435. The van der Waals surface area contributed by atoms with Crippen molar-refractivity contribution in [3.05, 3.63) is 96.6 Å². The third-order valence-corrected chi connectivity index (χ3v) is 4.37. The summed E-state index contributed by atoms with van der Waals surface area (Å²) in [5.41, 5.74) is 6.40. The maximum absolute atomic E-state index is 2.22. The normalized spacial score (nSPS) is 10.8. The highest BCUT2D eigenvalue weighted by molar-refractivity contribution is 6.04. The molecule has 0 unspecified atom stereocenters. The van der Waals surface area contributed by atoms with Crippen LogP contribution < -0.4 is 0 Å².